The van der Waals surface area contributed by atoms with Crippen molar-refractivity contribution in [3.05, 3.63) is 29.8 Å². The Morgan fingerprint density at radius 3 is 2.33 bits per heavy atom. The van der Waals surface area contributed by atoms with Gasteiger partial charge in [0, 0.05) is 6.92 Å². The van der Waals surface area contributed by atoms with Crippen molar-refractivity contribution >= 4 is 5.97 Å². The second kappa shape index (κ2) is 4.23. The lowest BCUT2D eigenvalue weighted by molar-refractivity contribution is -0.140. The Kier molecular flexibility index (Phi) is 3.00. The van der Waals surface area contributed by atoms with E-state index in [9.17, 15) is 13.6 Å². The first-order valence-corrected chi connectivity index (χ1v) is 5.68. The molecule has 0 amide bonds. The molecule has 98 valence electrons. The minimum absolute atomic E-state index is 0.321. The number of hydrogen-bond acceptors (Lipinski definition) is 2. The van der Waals surface area contributed by atoms with Gasteiger partial charge in [-0.25, -0.2) is 8.78 Å². The molecule has 0 aromatic heterocycles. The van der Waals surface area contributed by atoms with Crippen molar-refractivity contribution < 1.29 is 23.4 Å². The molecule has 1 N–H and O–H groups in total. The second-order valence-electron chi connectivity index (χ2n) is 4.77. The molecule has 1 fully saturated rings. The van der Waals surface area contributed by atoms with E-state index < -0.39 is 23.9 Å². The summed E-state index contributed by atoms with van der Waals surface area (Å²) < 4.78 is 30.1. The van der Waals surface area contributed by atoms with Gasteiger partial charge >= 0.3 is 5.97 Å². The smallest absolute Gasteiger partial charge is 0.314 e. The molecule has 1 aliphatic rings. The van der Waals surface area contributed by atoms with Crippen molar-refractivity contribution in [3.63, 3.8) is 0 Å². The van der Waals surface area contributed by atoms with Crippen molar-refractivity contribution in [1.82, 2.24) is 0 Å². The number of rotatable bonds is 5. The van der Waals surface area contributed by atoms with Gasteiger partial charge in [0.1, 0.15) is 5.75 Å². The summed E-state index contributed by atoms with van der Waals surface area (Å²) in [5.74, 6) is -3.39. The van der Waals surface area contributed by atoms with Crippen LogP contribution in [0.25, 0.3) is 0 Å². The summed E-state index contributed by atoms with van der Waals surface area (Å²) in [6, 6.07) is 6.32. The highest BCUT2D eigenvalue weighted by molar-refractivity contribution is 5.84. The van der Waals surface area contributed by atoms with E-state index in [0.717, 1.165) is 6.92 Å². The Morgan fingerprint density at radius 2 is 1.94 bits per heavy atom. The van der Waals surface area contributed by atoms with E-state index in [4.69, 9.17) is 9.84 Å². The number of ether oxygens (including phenoxy) is 1. The van der Waals surface area contributed by atoms with E-state index >= 15 is 0 Å². The summed E-state index contributed by atoms with van der Waals surface area (Å²) in [4.78, 5) is 11.1. The first-order valence-electron chi connectivity index (χ1n) is 5.68. The Balaban J connectivity index is 2.05. The van der Waals surface area contributed by atoms with Crippen molar-refractivity contribution in [3.8, 4) is 5.75 Å². The zero-order valence-electron chi connectivity index (χ0n) is 9.95. The number of carboxylic acid groups (broad SMARTS) is 1. The predicted molar refractivity (Wildman–Crippen MR) is 61.1 cm³/mol. The third-order valence-electron chi connectivity index (χ3n) is 3.06. The van der Waals surface area contributed by atoms with E-state index in [2.05, 4.69) is 0 Å². The number of aliphatic carboxylic acids is 1. The maximum atomic E-state index is 12.6. The highest BCUT2D eigenvalue weighted by Crippen LogP contribution is 2.48. The number of carbonyl (C=O) groups is 1. The van der Waals surface area contributed by atoms with E-state index in [1.165, 1.54) is 12.1 Å². The lowest BCUT2D eigenvalue weighted by Gasteiger charge is -2.14. The van der Waals surface area contributed by atoms with Crippen molar-refractivity contribution in [2.24, 2.45) is 0 Å². The fraction of sp³-hybridized carbons (Fsp3) is 0.462. The fourth-order valence-electron chi connectivity index (χ4n) is 1.83. The van der Waals surface area contributed by atoms with Crippen LogP contribution in [-0.4, -0.2) is 23.6 Å². The van der Waals surface area contributed by atoms with Crippen LogP contribution < -0.4 is 4.74 Å². The summed E-state index contributed by atoms with van der Waals surface area (Å²) in [5, 5.41) is 9.11. The van der Waals surface area contributed by atoms with Gasteiger partial charge in [-0.1, -0.05) is 12.1 Å². The van der Waals surface area contributed by atoms with Crippen molar-refractivity contribution in [2.75, 3.05) is 6.61 Å². The maximum absolute atomic E-state index is 12.6. The van der Waals surface area contributed by atoms with Crippen LogP contribution in [0.3, 0.4) is 0 Å². The van der Waals surface area contributed by atoms with Gasteiger partial charge in [0.05, 0.1) is 5.41 Å². The van der Waals surface area contributed by atoms with E-state index in [1.54, 1.807) is 12.1 Å². The molecule has 3 nitrogen and oxygen atoms in total. The summed E-state index contributed by atoms with van der Waals surface area (Å²) in [6.45, 7) is 0.0986. The number of benzene rings is 1. The highest BCUT2D eigenvalue weighted by Gasteiger charge is 2.51. The summed E-state index contributed by atoms with van der Waals surface area (Å²) >= 11 is 0. The summed E-state index contributed by atoms with van der Waals surface area (Å²) in [6.07, 6.45) is 1.24. The zero-order chi connectivity index (χ0) is 13.4. The third kappa shape index (κ3) is 2.60. The van der Waals surface area contributed by atoms with Crippen LogP contribution in [0.5, 0.6) is 5.75 Å². The van der Waals surface area contributed by atoms with Crippen LogP contribution in [0.15, 0.2) is 24.3 Å². The van der Waals surface area contributed by atoms with Gasteiger partial charge in [-0.3, -0.25) is 4.79 Å². The highest BCUT2D eigenvalue weighted by atomic mass is 19.3. The fourth-order valence-corrected chi connectivity index (χ4v) is 1.83. The molecule has 1 aliphatic carbocycles. The number of hydrogen-bond donors (Lipinski definition) is 1. The SMILES string of the molecule is CC(F)(F)COc1ccc(C2(C(=O)O)CC2)cc1. The number of alkyl halides is 2. The van der Waals surface area contributed by atoms with Crippen LogP contribution in [0.1, 0.15) is 25.3 Å². The van der Waals surface area contributed by atoms with E-state index in [-0.39, 0.29) is 0 Å². The number of halogens is 2. The van der Waals surface area contributed by atoms with Crippen molar-refractivity contribution in [1.29, 1.82) is 0 Å². The molecule has 0 saturated heterocycles. The first-order chi connectivity index (χ1) is 8.33. The van der Waals surface area contributed by atoms with Crippen LogP contribution >= 0.6 is 0 Å². The second-order valence-corrected chi connectivity index (χ2v) is 4.77. The Hall–Kier alpha value is -1.65. The normalized spacial score (nSPS) is 17.3. The van der Waals surface area contributed by atoms with Gasteiger partial charge in [-0.05, 0) is 30.5 Å². The monoisotopic (exact) mass is 256 g/mol. The lowest BCUT2D eigenvalue weighted by atomic mass is 9.96. The minimum atomic E-state index is -2.88. The molecule has 0 bridgehead atoms. The van der Waals surface area contributed by atoms with Crippen LogP contribution in [0.4, 0.5) is 8.78 Å². The maximum Gasteiger partial charge on any atom is 0.314 e. The van der Waals surface area contributed by atoms with Gasteiger partial charge in [-0.2, -0.15) is 0 Å². The van der Waals surface area contributed by atoms with Gasteiger partial charge in [-0.15, -0.1) is 0 Å². The van der Waals surface area contributed by atoms with Crippen LogP contribution in [0, 0.1) is 0 Å². The van der Waals surface area contributed by atoms with Crippen molar-refractivity contribution in [2.45, 2.75) is 31.1 Å². The first kappa shape index (κ1) is 12.8. The Bertz CT molecular complexity index is 444. The molecule has 0 spiro atoms. The Morgan fingerprint density at radius 1 is 1.39 bits per heavy atom. The van der Waals surface area contributed by atoms with Crippen LogP contribution in [0.2, 0.25) is 0 Å². The molecule has 0 aliphatic heterocycles. The molecule has 1 saturated carbocycles. The molecule has 0 unspecified atom stereocenters. The van der Waals surface area contributed by atoms with E-state index in [1.807, 2.05) is 0 Å². The van der Waals surface area contributed by atoms with Gasteiger partial charge in [0.25, 0.3) is 5.92 Å². The molecule has 18 heavy (non-hydrogen) atoms. The average molecular weight is 256 g/mol. The largest absolute Gasteiger partial charge is 0.487 e. The average Bonchev–Trinajstić information content (AvgIpc) is 3.07. The quantitative estimate of drug-likeness (QED) is 0.881. The predicted octanol–water partition coefficient (Wildman–Crippen LogP) is 2.84. The molecule has 2 rings (SSSR count). The molecular formula is C13H14F2O3. The number of carboxylic acids is 1. The molecule has 0 atom stereocenters. The lowest BCUT2D eigenvalue weighted by Crippen LogP contribution is -2.21. The molecular weight excluding hydrogens is 242 g/mol. The molecule has 5 heteroatoms. The molecule has 1 aromatic rings. The topological polar surface area (TPSA) is 46.5 Å². The Labute approximate surface area is 103 Å². The van der Waals surface area contributed by atoms with Gasteiger partial charge in [0.2, 0.25) is 0 Å². The molecule has 0 heterocycles. The third-order valence-corrected chi connectivity index (χ3v) is 3.06. The minimum Gasteiger partial charge on any atom is -0.487 e. The standard InChI is InChI=1S/C13H14F2O3/c1-12(14,15)8-18-10-4-2-9(3-5-10)13(6-7-13)11(16)17/h2-5H,6-8H2,1H3,(H,16,17). The molecule has 1 aromatic carbocycles. The van der Waals surface area contributed by atoms with Gasteiger partial charge < -0.3 is 9.84 Å². The summed E-state index contributed by atoms with van der Waals surface area (Å²) in [5.41, 5.74) is -0.0710. The zero-order valence-corrected chi connectivity index (χ0v) is 9.95. The van der Waals surface area contributed by atoms with Crippen LogP contribution in [-0.2, 0) is 10.2 Å². The summed E-state index contributed by atoms with van der Waals surface area (Å²) in [7, 11) is 0. The molecule has 0 radical (unpaired) electrons. The van der Waals surface area contributed by atoms with Gasteiger partial charge in [0.15, 0.2) is 6.61 Å². The van der Waals surface area contributed by atoms with E-state index in [0.29, 0.717) is 24.2 Å².